The Morgan fingerprint density at radius 2 is 1.79 bits per heavy atom. The maximum Gasteiger partial charge on any atom is 0.253 e. The second kappa shape index (κ2) is 10.3. The maximum atomic E-state index is 12.7. The molecule has 3 rings (SSSR count). The van der Waals surface area contributed by atoms with Gasteiger partial charge in [0.15, 0.2) is 0 Å². The van der Waals surface area contributed by atoms with Gasteiger partial charge in [0, 0.05) is 44.0 Å². The fraction of sp³-hybridized carbons (Fsp3) is 0.458. The predicted octanol–water partition coefficient (Wildman–Crippen LogP) is 4.64. The fourth-order valence-corrected chi connectivity index (χ4v) is 3.77. The van der Waals surface area contributed by atoms with Crippen LogP contribution in [0.3, 0.4) is 0 Å². The van der Waals surface area contributed by atoms with Crippen molar-refractivity contribution in [2.24, 2.45) is 0 Å². The van der Waals surface area contributed by atoms with Gasteiger partial charge in [-0.15, -0.1) is 0 Å². The molecule has 1 aliphatic rings. The summed E-state index contributed by atoms with van der Waals surface area (Å²) in [5.74, 6) is 0.686. The van der Waals surface area contributed by atoms with Crippen molar-refractivity contribution in [2.75, 3.05) is 31.5 Å². The number of rotatable bonds is 8. The highest BCUT2D eigenvalue weighted by molar-refractivity contribution is 5.94. The maximum absolute atomic E-state index is 12.7. The van der Waals surface area contributed by atoms with Crippen molar-refractivity contribution in [2.45, 2.75) is 45.6 Å². The molecule has 0 spiro atoms. The molecule has 1 amide bonds. The van der Waals surface area contributed by atoms with Gasteiger partial charge in [-0.2, -0.15) is 0 Å². The number of benzene rings is 2. The molecule has 1 saturated heterocycles. The number of carbonyl (C=O) groups is 1. The summed E-state index contributed by atoms with van der Waals surface area (Å²) in [6.45, 7) is 8.74. The molecule has 2 aromatic rings. The Labute approximate surface area is 169 Å². The normalized spacial score (nSPS) is 14.3. The van der Waals surface area contributed by atoms with Crippen LogP contribution in [0.5, 0.6) is 0 Å². The van der Waals surface area contributed by atoms with E-state index in [0.29, 0.717) is 5.92 Å². The van der Waals surface area contributed by atoms with E-state index in [1.165, 1.54) is 17.7 Å². The molecule has 0 radical (unpaired) electrons. The molecule has 2 aromatic carbocycles. The van der Waals surface area contributed by atoms with Crippen LogP contribution in [-0.4, -0.2) is 37.0 Å². The number of carbonyl (C=O) groups excluding carboxylic acids is 1. The van der Waals surface area contributed by atoms with Gasteiger partial charge in [0.2, 0.25) is 0 Å². The van der Waals surface area contributed by atoms with Crippen molar-refractivity contribution in [3.8, 4) is 0 Å². The van der Waals surface area contributed by atoms with E-state index in [1.54, 1.807) is 0 Å². The quantitative estimate of drug-likeness (QED) is 0.657. The van der Waals surface area contributed by atoms with Gasteiger partial charge in [-0.3, -0.25) is 4.79 Å². The lowest BCUT2D eigenvalue weighted by Gasteiger charge is -2.26. The molecular formula is C24H33N3O. The van der Waals surface area contributed by atoms with Crippen LogP contribution in [0.4, 0.5) is 5.69 Å². The van der Waals surface area contributed by atoms with E-state index >= 15 is 0 Å². The number of hydrogen-bond donors (Lipinski definition) is 2. The van der Waals surface area contributed by atoms with E-state index in [-0.39, 0.29) is 5.91 Å². The first-order chi connectivity index (χ1) is 13.6. The van der Waals surface area contributed by atoms with Gasteiger partial charge in [-0.05, 0) is 54.5 Å². The molecule has 4 nitrogen and oxygen atoms in total. The average molecular weight is 380 g/mol. The van der Waals surface area contributed by atoms with Crippen molar-refractivity contribution in [3.63, 3.8) is 0 Å². The number of para-hydroxylation sites is 1. The third-order valence-corrected chi connectivity index (χ3v) is 5.35. The molecule has 0 atom stereocenters. The molecular weight excluding hydrogens is 346 g/mol. The topological polar surface area (TPSA) is 44.4 Å². The van der Waals surface area contributed by atoms with Gasteiger partial charge in [0.05, 0.1) is 0 Å². The minimum absolute atomic E-state index is 0.175. The number of amides is 1. The molecule has 1 heterocycles. The van der Waals surface area contributed by atoms with Gasteiger partial charge in [-0.25, -0.2) is 0 Å². The average Bonchev–Trinajstić information content (AvgIpc) is 2.74. The van der Waals surface area contributed by atoms with Crippen LogP contribution in [0, 0.1) is 0 Å². The Balaban J connectivity index is 1.46. The molecule has 0 bridgehead atoms. The number of anilines is 1. The number of piperidine rings is 1. The Hall–Kier alpha value is -2.33. The molecule has 28 heavy (non-hydrogen) atoms. The fourth-order valence-electron chi connectivity index (χ4n) is 3.77. The van der Waals surface area contributed by atoms with Crippen molar-refractivity contribution in [1.29, 1.82) is 0 Å². The van der Waals surface area contributed by atoms with Gasteiger partial charge in [0.1, 0.15) is 0 Å². The number of hydrogen-bond acceptors (Lipinski definition) is 3. The molecule has 2 N–H and O–H groups in total. The van der Waals surface area contributed by atoms with E-state index in [9.17, 15) is 4.79 Å². The van der Waals surface area contributed by atoms with E-state index < -0.39 is 0 Å². The van der Waals surface area contributed by atoms with E-state index in [2.05, 4.69) is 54.8 Å². The molecule has 0 saturated carbocycles. The number of nitrogens with one attached hydrogen (secondary N) is 2. The third-order valence-electron chi connectivity index (χ3n) is 5.35. The SMILES string of the molecule is CC(C)c1ccccc1NCCNCc1cccc(C(=O)N2CCCCC2)c1. The molecule has 0 unspecified atom stereocenters. The zero-order valence-corrected chi connectivity index (χ0v) is 17.2. The summed E-state index contributed by atoms with van der Waals surface area (Å²) in [6, 6.07) is 16.5. The van der Waals surface area contributed by atoms with Crippen molar-refractivity contribution >= 4 is 11.6 Å². The second-order valence-electron chi connectivity index (χ2n) is 7.90. The largest absolute Gasteiger partial charge is 0.384 e. The van der Waals surface area contributed by atoms with Crippen LogP contribution in [0.25, 0.3) is 0 Å². The van der Waals surface area contributed by atoms with E-state index in [0.717, 1.165) is 56.7 Å². The molecule has 0 aromatic heterocycles. The second-order valence-corrected chi connectivity index (χ2v) is 7.90. The van der Waals surface area contributed by atoms with Crippen molar-refractivity contribution in [1.82, 2.24) is 10.2 Å². The first-order valence-corrected chi connectivity index (χ1v) is 10.6. The van der Waals surface area contributed by atoms with Gasteiger partial charge in [0.25, 0.3) is 5.91 Å². The summed E-state index contributed by atoms with van der Waals surface area (Å²) in [5, 5.41) is 7.01. The zero-order chi connectivity index (χ0) is 19.8. The van der Waals surface area contributed by atoms with Crippen LogP contribution in [0.1, 0.15) is 60.5 Å². The van der Waals surface area contributed by atoms with Gasteiger partial charge >= 0.3 is 0 Å². The number of nitrogens with zero attached hydrogens (tertiary/aromatic N) is 1. The highest BCUT2D eigenvalue weighted by Gasteiger charge is 2.18. The van der Waals surface area contributed by atoms with Crippen LogP contribution >= 0.6 is 0 Å². The lowest BCUT2D eigenvalue weighted by molar-refractivity contribution is 0.0724. The monoisotopic (exact) mass is 379 g/mol. The lowest BCUT2D eigenvalue weighted by Crippen LogP contribution is -2.35. The third kappa shape index (κ3) is 5.59. The Kier molecular flexibility index (Phi) is 7.49. The summed E-state index contributed by atoms with van der Waals surface area (Å²) in [4.78, 5) is 14.7. The number of likely N-dealkylation sites (tertiary alicyclic amines) is 1. The molecule has 1 aliphatic heterocycles. The highest BCUT2D eigenvalue weighted by Crippen LogP contribution is 2.23. The molecule has 0 aliphatic carbocycles. The van der Waals surface area contributed by atoms with Crippen LogP contribution < -0.4 is 10.6 Å². The summed E-state index contributed by atoms with van der Waals surface area (Å²) in [6.07, 6.45) is 3.49. The Morgan fingerprint density at radius 1 is 1.00 bits per heavy atom. The van der Waals surface area contributed by atoms with Gasteiger partial charge < -0.3 is 15.5 Å². The van der Waals surface area contributed by atoms with Crippen LogP contribution in [0.15, 0.2) is 48.5 Å². The lowest BCUT2D eigenvalue weighted by atomic mass is 10.0. The van der Waals surface area contributed by atoms with E-state index in [1.807, 2.05) is 23.1 Å². The minimum atomic E-state index is 0.175. The Bertz CT molecular complexity index is 766. The zero-order valence-electron chi connectivity index (χ0n) is 17.2. The first-order valence-electron chi connectivity index (χ1n) is 10.6. The minimum Gasteiger partial charge on any atom is -0.384 e. The summed E-state index contributed by atoms with van der Waals surface area (Å²) in [7, 11) is 0. The highest BCUT2D eigenvalue weighted by atomic mass is 16.2. The first kappa shape index (κ1) is 20.4. The summed E-state index contributed by atoms with van der Waals surface area (Å²) in [5.41, 5.74) is 4.54. The summed E-state index contributed by atoms with van der Waals surface area (Å²) >= 11 is 0. The molecule has 150 valence electrons. The summed E-state index contributed by atoms with van der Waals surface area (Å²) < 4.78 is 0. The van der Waals surface area contributed by atoms with Crippen LogP contribution in [0.2, 0.25) is 0 Å². The molecule has 1 fully saturated rings. The van der Waals surface area contributed by atoms with Crippen LogP contribution in [-0.2, 0) is 6.54 Å². The van der Waals surface area contributed by atoms with Crippen molar-refractivity contribution < 1.29 is 4.79 Å². The van der Waals surface area contributed by atoms with Crippen molar-refractivity contribution in [3.05, 3.63) is 65.2 Å². The van der Waals surface area contributed by atoms with Gasteiger partial charge in [-0.1, -0.05) is 44.2 Å². The predicted molar refractivity (Wildman–Crippen MR) is 117 cm³/mol. The smallest absolute Gasteiger partial charge is 0.253 e. The Morgan fingerprint density at radius 3 is 2.57 bits per heavy atom. The molecule has 4 heteroatoms. The standard InChI is InChI=1S/C24H33N3O/c1-19(2)22-11-4-5-12-23(22)26-14-13-25-18-20-9-8-10-21(17-20)24(28)27-15-6-3-7-16-27/h4-5,8-12,17,19,25-26H,3,6-7,13-16,18H2,1-2H3. The van der Waals surface area contributed by atoms with E-state index in [4.69, 9.17) is 0 Å².